The third kappa shape index (κ3) is 4.38. The van der Waals surface area contributed by atoms with Gasteiger partial charge in [0.25, 0.3) is 0 Å². The van der Waals surface area contributed by atoms with Gasteiger partial charge in [0.2, 0.25) is 11.8 Å². The molecule has 188 valence electrons. The Morgan fingerprint density at radius 3 is 2.56 bits per heavy atom. The maximum absolute atomic E-state index is 13.1. The molecular weight excluding hydrogens is 462 g/mol. The lowest BCUT2D eigenvalue weighted by molar-refractivity contribution is -0.158. The van der Waals surface area contributed by atoms with Gasteiger partial charge in [0, 0.05) is 55.8 Å². The zero-order valence-electron chi connectivity index (χ0n) is 19.9. The van der Waals surface area contributed by atoms with E-state index in [1.54, 1.807) is 30.8 Å². The number of β-lactam (4-membered cyclic amide) rings is 1. The van der Waals surface area contributed by atoms with Crippen LogP contribution in [0.25, 0.3) is 0 Å². The van der Waals surface area contributed by atoms with Crippen molar-refractivity contribution in [3.63, 3.8) is 0 Å². The number of hydrogen-bond donors (Lipinski definition) is 3. The monoisotopic (exact) mass is 495 g/mol. The summed E-state index contributed by atoms with van der Waals surface area (Å²) in [6, 6.07) is -1.27. The second-order valence-electron chi connectivity index (χ2n) is 9.54. The van der Waals surface area contributed by atoms with Gasteiger partial charge >= 0.3 is 12.0 Å². The van der Waals surface area contributed by atoms with E-state index in [2.05, 4.69) is 10.6 Å². The summed E-state index contributed by atoms with van der Waals surface area (Å²) in [4.78, 5) is 55.4. The maximum atomic E-state index is 13.1. The number of amides is 4. The molecule has 0 aromatic heterocycles. The van der Waals surface area contributed by atoms with Gasteiger partial charge in [-0.2, -0.15) is 0 Å². The minimum atomic E-state index is -1.12. The Hall–Kier alpha value is -2.31. The number of morpholine rings is 1. The molecule has 3 saturated heterocycles. The van der Waals surface area contributed by atoms with Crippen molar-refractivity contribution in [1.29, 1.82) is 0 Å². The lowest BCUT2D eigenvalue weighted by Gasteiger charge is -2.48. The topological polar surface area (TPSA) is 132 Å². The number of urea groups is 1. The number of thioether (sulfide) groups is 1. The van der Waals surface area contributed by atoms with Gasteiger partial charge in [-0.05, 0) is 13.3 Å². The number of carbonyl (C=O) groups is 4. The molecule has 4 aliphatic rings. The lowest BCUT2D eigenvalue weighted by Crippen LogP contribution is -2.66. The molecule has 3 N–H and O–H groups in total. The summed E-state index contributed by atoms with van der Waals surface area (Å²) in [6.45, 7) is 6.31. The first kappa shape index (κ1) is 24.8. The van der Waals surface area contributed by atoms with E-state index >= 15 is 0 Å². The highest BCUT2D eigenvalue weighted by molar-refractivity contribution is 8.03. The molecule has 4 rings (SSSR count). The van der Waals surface area contributed by atoms with Gasteiger partial charge in [0.15, 0.2) is 0 Å². The number of nitrogens with one attached hydrogen (secondary N) is 2. The van der Waals surface area contributed by atoms with Crippen molar-refractivity contribution in [2.24, 2.45) is 11.8 Å². The van der Waals surface area contributed by atoms with Crippen LogP contribution in [0.1, 0.15) is 20.3 Å². The number of aliphatic carboxylic acids is 1. The van der Waals surface area contributed by atoms with Crippen LogP contribution in [0, 0.1) is 11.8 Å². The third-order valence-corrected chi connectivity index (χ3v) is 8.61. The highest BCUT2D eigenvalue weighted by atomic mass is 32.2. The van der Waals surface area contributed by atoms with E-state index < -0.39 is 17.9 Å². The lowest BCUT2D eigenvalue weighted by atomic mass is 9.78. The molecule has 6 atom stereocenters. The Morgan fingerprint density at radius 2 is 1.94 bits per heavy atom. The molecule has 0 aromatic rings. The number of carbonyl (C=O) groups excluding carboxylic acids is 3. The van der Waals surface area contributed by atoms with Gasteiger partial charge in [-0.25, -0.2) is 9.59 Å². The smallest absolute Gasteiger partial charge is 0.353 e. The molecule has 0 radical (unpaired) electrons. The van der Waals surface area contributed by atoms with E-state index in [0.29, 0.717) is 44.2 Å². The first-order valence-electron chi connectivity index (χ1n) is 11.7. The van der Waals surface area contributed by atoms with Gasteiger partial charge < -0.3 is 35.2 Å². The molecule has 3 fully saturated rings. The second-order valence-corrected chi connectivity index (χ2v) is 10.9. The van der Waals surface area contributed by atoms with E-state index in [9.17, 15) is 24.3 Å². The number of carboxylic acid groups (broad SMARTS) is 1. The Labute approximate surface area is 203 Å². The average molecular weight is 496 g/mol. The summed E-state index contributed by atoms with van der Waals surface area (Å²) < 4.78 is 5.28. The average Bonchev–Trinajstić information content (AvgIpc) is 3.35. The SMILES string of the molecule is C[C@H]1C(S[C@@H]2CN[C@H](C(=O)N(C)C)C2)=C(C(=O)O)N2C(=O)[C@H]([C@@H](C)NC(=O)N3CCOCC3)C12. The number of ether oxygens (including phenoxy) is 1. The summed E-state index contributed by atoms with van der Waals surface area (Å²) in [6.07, 6.45) is 0.596. The van der Waals surface area contributed by atoms with Crippen molar-refractivity contribution in [3.05, 3.63) is 10.6 Å². The summed E-state index contributed by atoms with van der Waals surface area (Å²) in [7, 11) is 3.43. The van der Waals surface area contributed by atoms with Gasteiger partial charge in [-0.15, -0.1) is 11.8 Å². The van der Waals surface area contributed by atoms with Crippen molar-refractivity contribution >= 4 is 35.6 Å². The van der Waals surface area contributed by atoms with E-state index in [4.69, 9.17) is 4.74 Å². The van der Waals surface area contributed by atoms with Crippen LogP contribution in [0.15, 0.2) is 10.6 Å². The Bertz CT molecular complexity index is 904. The van der Waals surface area contributed by atoms with Crippen LogP contribution < -0.4 is 10.6 Å². The van der Waals surface area contributed by atoms with E-state index in [-0.39, 0.29) is 46.8 Å². The van der Waals surface area contributed by atoms with E-state index in [1.807, 2.05) is 6.92 Å². The van der Waals surface area contributed by atoms with Crippen LogP contribution in [-0.2, 0) is 19.1 Å². The highest BCUT2D eigenvalue weighted by Gasteiger charge is 2.60. The molecule has 0 saturated carbocycles. The molecular formula is C22H33N5O6S. The predicted octanol–water partition coefficient (Wildman–Crippen LogP) is -0.258. The van der Waals surface area contributed by atoms with E-state index in [1.165, 1.54) is 16.7 Å². The van der Waals surface area contributed by atoms with Crippen LogP contribution in [0.2, 0.25) is 0 Å². The second kappa shape index (κ2) is 9.74. The third-order valence-electron chi connectivity index (χ3n) is 7.10. The van der Waals surface area contributed by atoms with Crippen molar-refractivity contribution in [1.82, 2.24) is 25.3 Å². The number of carboxylic acids is 1. The zero-order valence-corrected chi connectivity index (χ0v) is 20.8. The molecule has 11 nitrogen and oxygen atoms in total. The minimum Gasteiger partial charge on any atom is -0.477 e. The largest absolute Gasteiger partial charge is 0.477 e. The Balaban J connectivity index is 1.44. The predicted molar refractivity (Wildman–Crippen MR) is 125 cm³/mol. The van der Waals surface area contributed by atoms with Crippen molar-refractivity contribution in [2.45, 2.75) is 43.6 Å². The Kier molecular flexibility index (Phi) is 7.11. The minimum absolute atomic E-state index is 0.00102. The first-order valence-corrected chi connectivity index (χ1v) is 12.5. The summed E-state index contributed by atoms with van der Waals surface area (Å²) in [5.74, 6) is -2.06. The molecule has 0 bridgehead atoms. The number of hydrogen-bond acceptors (Lipinski definition) is 7. The quantitative estimate of drug-likeness (QED) is 0.430. The van der Waals surface area contributed by atoms with Crippen LogP contribution >= 0.6 is 11.8 Å². The van der Waals surface area contributed by atoms with Crippen LogP contribution in [0.4, 0.5) is 4.79 Å². The summed E-state index contributed by atoms with van der Waals surface area (Å²) in [5.41, 5.74) is 0.0397. The van der Waals surface area contributed by atoms with Crippen molar-refractivity contribution in [2.75, 3.05) is 46.9 Å². The van der Waals surface area contributed by atoms with Crippen molar-refractivity contribution in [3.8, 4) is 0 Å². The Morgan fingerprint density at radius 1 is 1.26 bits per heavy atom. The number of fused-ring (bicyclic) bond motifs is 1. The number of likely N-dealkylation sites (N-methyl/N-ethyl adjacent to an activating group) is 1. The molecule has 4 amide bonds. The highest BCUT2D eigenvalue weighted by Crippen LogP contribution is 2.51. The summed E-state index contributed by atoms with van der Waals surface area (Å²) in [5, 5.41) is 16.1. The fourth-order valence-corrected chi connectivity index (χ4v) is 6.79. The fourth-order valence-electron chi connectivity index (χ4n) is 5.31. The first-order chi connectivity index (χ1) is 16.1. The van der Waals surface area contributed by atoms with Crippen LogP contribution in [0.3, 0.4) is 0 Å². The summed E-state index contributed by atoms with van der Waals surface area (Å²) >= 11 is 1.45. The molecule has 0 aliphatic carbocycles. The molecule has 1 unspecified atom stereocenters. The maximum Gasteiger partial charge on any atom is 0.353 e. The molecule has 4 aliphatic heterocycles. The van der Waals surface area contributed by atoms with Gasteiger partial charge in [-0.3, -0.25) is 9.59 Å². The van der Waals surface area contributed by atoms with Crippen molar-refractivity contribution < 1.29 is 29.0 Å². The van der Waals surface area contributed by atoms with Gasteiger partial charge in [0.1, 0.15) is 5.70 Å². The normalized spacial score (nSPS) is 31.8. The van der Waals surface area contributed by atoms with Crippen LogP contribution in [-0.4, -0.2) is 114 Å². The molecule has 4 heterocycles. The van der Waals surface area contributed by atoms with Crippen LogP contribution in [0.5, 0.6) is 0 Å². The van der Waals surface area contributed by atoms with Gasteiger partial charge in [0.05, 0.1) is 31.2 Å². The molecule has 0 spiro atoms. The number of nitrogens with zero attached hydrogens (tertiary/aromatic N) is 3. The fraction of sp³-hybridized carbons (Fsp3) is 0.727. The zero-order chi connectivity index (χ0) is 24.7. The molecule has 34 heavy (non-hydrogen) atoms. The molecule has 12 heteroatoms. The van der Waals surface area contributed by atoms with E-state index in [0.717, 1.165) is 0 Å². The number of rotatable bonds is 6. The standard InChI is InChI=1S/C22H33N5O6S/c1-11-16-15(12(2)24-22(32)26-5-7-33-8-6-26)20(29)27(16)17(21(30)31)18(11)34-13-9-14(23-10-13)19(28)25(3)4/h11-16,23H,5-10H2,1-4H3,(H,24,32)(H,30,31)/t11-,12-,13+,14+,15-,16?/m1/s1. The van der Waals surface area contributed by atoms with Gasteiger partial charge in [-0.1, -0.05) is 6.92 Å². The molecule has 0 aromatic carbocycles.